The molecule has 3 aromatic rings. The number of hydrogen-bond donors (Lipinski definition) is 1. The zero-order valence-electron chi connectivity index (χ0n) is 13.7. The molecule has 1 heterocycles. The summed E-state index contributed by atoms with van der Waals surface area (Å²) in [6.07, 6.45) is 3.42. The Bertz CT molecular complexity index is 844. The van der Waals surface area contributed by atoms with E-state index in [1.807, 2.05) is 54.6 Å². The Morgan fingerprint density at radius 1 is 0.960 bits per heavy atom. The Balaban J connectivity index is 1.56. The quantitative estimate of drug-likeness (QED) is 0.614. The van der Waals surface area contributed by atoms with Crippen molar-refractivity contribution in [2.45, 2.75) is 6.42 Å². The van der Waals surface area contributed by atoms with Gasteiger partial charge in [0.25, 0.3) is 0 Å². The molecule has 0 saturated carbocycles. The maximum atomic E-state index is 12.1. The first kappa shape index (κ1) is 16.5. The van der Waals surface area contributed by atoms with Crippen LogP contribution < -0.4 is 10.1 Å². The number of allylic oxidation sites excluding steroid dienone is 1. The third kappa shape index (κ3) is 4.78. The van der Waals surface area contributed by atoms with Crippen LogP contribution in [0.5, 0.6) is 11.5 Å². The fourth-order valence-corrected chi connectivity index (χ4v) is 2.30. The number of rotatable bonds is 7. The van der Waals surface area contributed by atoms with Gasteiger partial charge in [0.2, 0.25) is 0 Å². The van der Waals surface area contributed by atoms with E-state index in [1.165, 1.54) is 0 Å². The van der Waals surface area contributed by atoms with Crippen LogP contribution in [0, 0.1) is 0 Å². The van der Waals surface area contributed by atoms with Gasteiger partial charge in [0, 0.05) is 29.3 Å². The fourth-order valence-electron chi connectivity index (χ4n) is 2.30. The Morgan fingerprint density at radius 2 is 1.68 bits per heavy atom. The summed E-state index contributed by atoms with van der Waals surface area (Å²) in [7, 11) is 0. The van der Waals surface area contributed by atoms with Crippen LogP contribution in [0.4, 0.5) is 5.69 Å². The third-order valence-electron chi connectivity index (χ3n) is 3.51. The molecule has 3 rings (SSSR count). The molecule has 0 amide bonds. The summed E-state index contributed by atoms with van der Waals surface area (Å²) in [5.74, 6) is 1.51. The number of anilines is 1. The van der Waals surface area contributed by atoms with Crippen LogP contribution in [-0.2, 0) is 0 Å². The lowest BCUT2D eigenvalue weighted by molar-refractivity contribution is 0.0993. The molecule has 0 bridgehead atoms. The average molecular weight is 330 g/mol. The summed E-state index contributed by atoms with van der Waals surface area (Å²) >= 11 is 0. The number of pyridine rings is 1. The van der Waals surface area contributed by atoms with E-state index in [4.69, 9.17) is 4.74 Å². The molecule has 0 spiro atoms. The molecule has 0 radical (unpaired) electrons. The van der Waals surface area contributed by atoms with Crippen LogP contribution in [0.2, 0.25) is 0 Å². The van der Waals surface area contributed by atoms with Gasteiger partial charge < -0.3 is 10.1 Å². The van der Waals surface area contributed by atoms with Crippen molar-refractivity contribution in [3.05, 3.63) is 97.0 Å². The van der Waals surface area contributed by atoms with E-state index in [-0.39, 0.29) is 12.2 Å². The minimum atomic E-state index is -0.0189. The molecule has 0 saturated heterocycles. The van der Waals surface area contributed by atoms with Crippen molar-refractivity contribution in [1.29, 1.82) is 0 Å². The maximum Gasteiger partial charge on any atom is 0.170 e. The first-order valence-electron chi connectivity index (χ1n) is 7.92. The lowest BCUT2D eigenvalue weighted by Gasteiger charge is -2.10. The summed E-state index contributed by atoms with van der Waals surface area (Å²) in [4.78, 5) is 16.1. The molecule has 4 nitrogen and oxygen atoms in total. The first-order valence-corrected chi connectivity index (χ1v) is 7.92. The topological polar surface area (TPSA) is 51.2 Å². The lowest BCUT2D eigenvalue weighted by atomic mass is 10.1. The summed E-state index contributed by atoms with van der Waals surface area (Å²) in [6.45, 7) is 3.92. The smallest absolute Gasteiger partial charge is 0.170 e. The number of Topliss-reactive ketones (excluding diaryl/α,β-unsaturated/α-hetero) is 1. The number of ketones is 1. The van der Waals surface area contributed by atoms with Gasteiger partial charge in [0.15, 0.2) is 5.78 Å². The van der Waals surface area contributed by atoms with Crippen LogP contribution in [0.1, 0.15) is 16.8 Å². The second kappa shape index (κ2) is 7.93. The highest BCUT2D eigenvalue weighted by molar-refractivity contribution is 5.97. The zero-order chi connectivity index (χ0) is 17.5. The number of benzene rings is 2. The monoisotopic (exact) mass is 330 g/mol. The SMILES string of the molecule is C=C(CC(=O)c1cccnc1)Nc1ccc(Oc2ccccc2)cc1. The van der Waals surface area contributed by atoms with Crippen LogP contribution in [0.25, 0.3) is 0 Å². The minimum Gasteiger partial charge on any atom is -0.457 e. The molecule has 1 aromatic heterocycles. The molecule has 2 aromatic carbocycles. The summed E-state index contributed by atoms with van der Waals surface area (Å²) in [6, 6.07) is 20.6. The van der Waals surface area contributed by atoms with E-state index in [9.17, 15) is 4.79 Å². The van der Waals surface area contributed by atoms with Gasteiger partial charge in [-0.3, -0.25) is 9.78 Å². The summed E-state index contributed by atoms with van der Waals surface area (Å²) in [5, 5.41) is 3.14. The fraction of sp³-hybridized carbons (Fsp3) is 0.0476. The number of ether oxygens (including phenoxy) is 1. The molecule has 0 unspecified atom stereocenters. The van der Waals surface area contributed by atoms with Gasteiger partial charge in [-0.05, 0) is 48.5 Å². The van der Waals surface area contributed by atoms with Crippen LogP contribution in [0.15, 0.2) is 91.4 Å². The van der Waals surface area contributed by atoms with E-state index >= 15 is 0 Å². The van der Waals surface area contributed by atoms with Crippen molar-refractivity contribution in [2.24, 2.45) is 0 Å². The highest BCUT2D eigenvalue weighted by Crippen LogP contribution is 2.23. The van der Waals surface area contributed by atoms with Crippen LogP contribution in [0.3, 0.4) is 0 Å². The average Bonchev–Trinajstić information content (AvgIpc) is 2.65. The Labute approximate surface area is 146 Å². The number of nitrogens with zero attached hydrogens (tertiary/aromatic N) is 1. The van der Waals surface area contributed by atoms with Crippen molar-refractivity contribution >= 4 is 11.5 Å². The van der Waals surface area contributed by atoms with Gasteiger partial charge in [-0.2, -0.15) is 0 Å². The van der Waals surface area contributed by atoms with Gasteiger partial charge in [-0.1, -0.05) is 24.8 Å². The number of hydrogen-bond acceptors (Lipinski definition) is 4. The highest BCUT2D eigenvalue weighted by Gasteiger charge is 2.08. The van der Waals surface area contributed by atoms with Crippen molar-refractivity contribution in [1.82, 2.24) is 4.98 Å². The number of para-hydroxylation sites is 1. The molecule has 25 heavy (non-hydrogen) atoms. The second-order valence-electron chi connectivity index (χ2n) is 5.51. The Kier molecular flexibility index (Phi) is 5.22. The number of carbonyl (C=O) groups is 1. The molecule has 0 aliphatic heterocycles. The van der Waals surface area contributed by atoms with Crippen LogP contribution in [-0.4, -0.2) is 10.8 Å². The van der Waals surface area contributed by atoms with Gasteiger partial charge in [-0.25, -0.2) is 0 Å². The Morgan fingerprint density at radius 3 is 2.36 bits per heavy atom. The van der Waals surface area contributed by atoms with Gasteiger partial charge in [0.05, 0.1) is 6.42 Å². The van der Waals surface area contributed by atoms with E-state index in [1.54, 1.807) is 24.5 Å². The molecule has 1 N–H and O–H groups in total. The van der Waals surface area contributed by atoms with Crippen molar-refractivity contribution < 1.29 is 9.53 Å². The zero-order valence-corrected chi connectivity index (χ0v) is 13.7. The molecular weight excluding hydrogens is 312 g/mol. The minimum absolute atomic E-state index is 0.0189. The van der Waals surface area contributed by atoms with E-state index in [0.29, 0.717) is 11.3 Å². The number of aromatic nitrogens is 1. The molecular formula is C21H18N2O2. The maximum absolute atomic E-state index is 12.1. The van der Waals surface area contributed by atoms with Crippen molar-refractivity contribution in [2.75, 3.05) is 5.32 Å². The standard InChI is InChI=1S/C21H18N2O2/c1-16(14-21(24)17-6-5-13-22-15-17)23-18-9-11-20(12-10-18)25-19-7-3-2-4-8-19/h2-13,15,23H,1,14H2. The highest BCUT2D eigenvalue weighted by atomic mass is 16.5. The first-order chi connectivity index (χ1) is 12.2. The molecule has 4 heteroatoms. The van der Waals surface area contributed by atoms with Crippen molar-refractivity contribution in [3.63, 3.8) is 0 Å². The van der Waals surface area contributed by atoms with E-state index < -0.39 is 0 Å². The van der Waals surface area contributed by atoms with Gasteiger partial charge in [-0.15, -0.1) is 0 Å². The Hall–Kier alpha value is -3.40. The van der Waals surface area contributed by atoms with Crippen LogP contribution >= 0.6 is 0 Å². The predicted molar refractivity (Wildman–Crippen MR) is 98.9 cm³/mol. The molecule has 0 atom stereocenters. The summed E-state index contributed by atoms with van der Waals surface area (Å²) in [5.41, 5.74) is 2.06. The van der Waals surface area contributed by atoms with E-state index in [2.05, 4.69) is 16.9 Å². The summed E-state index contributed by atoms with van der Waals surface area (Å²) < 4.78 is 5.75. The predicted octanol–water partition coefficient (Wildman–Crippen LogP) is 5.07. The normalized spacial score (nSPS) is 10.1. The molecule has 0 aliphatic carbocycles. The van der Waals surface area contributed by atoms with Gasteiger partial charge >= 0.3 is 0 Å². The molecule has 0 fully saturated rings. The number of carbonyl (C=O) groups excluding carboxylic acids is 1. The number of nitrogens with one attached hydrogen (secondary N) is 1. The second-order valence-corrected chi connectivity index (χ2v) is 5.51. The molecule has 0 aliphatic rings. The van der Waals surface area contributed by atoms with Gasteiger partial charge in [0.1, 0.15) is 11.5 Å². The van der Waals surface area contributed by atoms with Crippen molar-refractivity contribution in [3.8, 4) is 11.5 Å². The van der Waals surface area contributed by atoms with E-state index in [0.717, 1.165) is 17.2 Å². The largest absolute Gasteiger partial charge is 0.457 e. The third-order valence-corrected chi connectivity index (χ3v) is 3.51. The molecule has 124 valence electrons. The lowest BCUT2D eigenvalue weighted by Crippen LogP contribution is -2.06.